The molecule has 1 aromatic carbocycles. The van der Waals surface area contributed by atoms with Gasteiger partial charge >= 0.3 is 6.18 Å². The first-order valence-corrected chi connectivity index (χ1v) is 8.85. The number of rotatable bonds is 4. The van der Waals surface area contributed by atoms with Crippen LogP contribution >= 0.6 is 0 Å². The van der Waals surface area contributed by atoms with Crippen molar-refractivity contribution in [3.05, 3.63) is 59.5 Å². The van der Waals surface area contributed by atoms with Crippen molar-refractivity contribution in [1.82, 2.24) is 15.6 Å². The number of nitrogens with one attached hydrogen (secondary N) is 2. The number of benzene rings is 1. The highest BCUT2D eigenvalue weighted by Crippen LogP contribution is 2.29. The van der Waals surface area contributed by atoms with Crippen LogP contribution in [-0.2, 0) is 12.7 Å². The van der Waals surface area contributed by atoms with Gasteiger partial charge in [0, 0.05) is 38.9 Å². The van der Waals surface area contributed by atoms with E-state index in [1.165, 1.54) is 12.1 Å². The molecule has 1 fully saturated rings. The molecule has 0 aliphatic carbocycles. The summed E-state index contributed by atoms with van der Waals surface area (Å²) in [6.45, 7) is 1.41. The van der Waals surface area contributed by atoms with E-state index in [1.54, 1.807) is 25.4 Å². The van der Waals surface area contributed by atoms with Crippen LogP contribution in [0.25, 0.3) is 0 Å². The molecule has 1 atom stereocenters. The van der Waals surface area contributed by atoms with Crippen molar-refractivity contribution in [2.75, 3.05) is 25.0 Å². The Labute approximate surface area is 160 Å². The largest absolute Gasteiger partial charge is 0.416 e. The maximum atomic E-state index is 13.9. The Balaban J connectivity index is 1.55. The third kappa shape index (κ3) is 4.90. The fraction of sp³-hybridized carbons (Fsp3) is 0.368. The van der Waals surface area contributed by atoms with Crippen molar-refractivity contribution < 1.29 is 17.6 Å². The number of aromatic nitrogens is 1. The van der Waals surface area contributed by atoms with Crippen molar-refractivity contribution in [3.63, 3.8) is 0 Å². The van der Waals surface area contributed by atoms with Crippen LogP contribution in [0.3, 0.4) is 0 Å². The molecule has 28 heavy (non-hydrogen) atoms. The molecular formula is C19H21F4N5. The highest BCUT2D eigenvalue weighted by atomic mass is 19.4. The van der Waals surface area contributed by atoms with Crippen molar-refractivity contribution >= 4 is 11.8 Å². The normalized spacial score (nSPS) is 17.7. The molecule has 0 radical (unpaired) electrons. The average molecular weight is 395 g/mol. The van der Waals surface area contributed by atoms with Gasteiger partial charge in [0.25, 0.3) is 0 Å². The van der Waals surface area contributed by atoms with Crippen LogP contribution in [0.5, 0.6) is 0 Å². The molecule has 1 aliphatic heterocycles. The van der Waals surface area contributed by atoms with E-state index in [9.17, 15) is 17.6 Å². The minimum Gasteiger partial charge on any atom is -0.352 e. The SMILES string of the molecule is CN=C(NCc1cccc(C(F)(F)F)c1)NC1CCN(c2ncccc2F)C1. The fourth-order valence-corrected chi connectivity index (χ4v) is 3.11. The Morgan fingerprint density at radius 2 is 2.11 bits per heavy atom. The summed E-state index contributed by atoms with van der Waals surface area (Å²) in [5.41, 5.74) is -0.181. The second kappa shape index (κ2) is 8.45. The van der Waals surface area contributed by atoms with Crippen LogP contribution in [0.1, 0.15) is 17.5 Å². The van der Waals surface area contributed by atoms with E-state index in [1.807, 2.05) is 4.90 Å². The van der Waals surface area contributed by atoms with Crippen LogP contribution in [0.15, 0.2) is 47.6 Å². The molecule has 1 saturated heterocycles. The molecule has 1 aromatic heterocycles. The van der Waals surface area contributed by atoms with E-state index in [2.05, 4.69) is 20.6 Å². The first-order valence-electron chi connectivity index (χ1n) is 8.85. The van der Waals surface area contributed by atoms with Gasteiger partial charge in [-0.25, -0.2) is 9.37 Å². The Hall–Kier alpha value is -2.84. The zero-order chi connectivity index (χ0) is 20.1. The number of aliphatic imine (C=N–C) groups is 1. The third-order valence-corrected chi connectivity index (χ3v) is 4.51. The lowest BCUT2D eigenvalue weighted by Gasteiger charge is -2.20. The summed E-state index contributed by atoms with van der Waals surface area (Å²) in [5, 5.41) is 6.25. The molecule has 0 amide bonds. The topological polar surface area (TPSA) is 52.6 Å². The predicted octanol–water partition coefficient (Wildman–Crippen LogP) is 3.18. The van der Waals surface area contributed by atoms with Crippen molar-refractivity contribution in [1.29, 1.82) is 0 Å². The molecule has 5 nitrogen and oxygen atoms in total. The fourth-order valence-electron chi connectivity index (χ4n) is 3.11. The Kier molecular flexibility index (Phi) is 6.01. The Bertz CT molecular complexity index is 837. The number of halogens is 4. The van der Waals surface area contributed by atoms with E-state index in [0.29, 0.717) is 30.4 Å². The van der Waals surface area contributed by atoms with Gasteiger partial charge in [0.05, 0.1) is 5.56 Å². The summed E-state index contributed by atoms with van der Waals surface area (Å²) < 4.78 is 52.3. The minimum atomic E-state index is -4.37. The van der Waals surface area contributed by atoms with Gasteiger partial charge in [0.1, 0.15) is 0 Å². The van der Waals surface area contributed by atoms with Crippen LogP contribution in [0, 0.1) is 5.82 Å². The average Bonchev–Trinajstić information content (AvgIpc) is 3.13. The molecular weight excluding hydrogens is 374 g/mol. The molecule has 0 bridgehead atoms. The second-order valence-corrected chi connectivity index (χ2v) is 6.51. The summed E-state index contributed by atoms with van der Waals surface area (Å²) in [5.74, 6) is 0.430. The molecule has 150 valence electrons. The molecule has 1 aliphatic rings. The molecule has 3 rings (SSSR count). The molecule has 0 spiro atoms. The van der Waals surface area contributed by atoms with Crippen LogP contribution < -0.4 is 15.5 Å². The lowest BCUT2D eigenvalue weighted by molar-refractivity contribution is -0.137. The number of hydrogen-bond acceptors (Lipinski definition) is 3. The number of anilines is 1. The van der Waals surface area contributed by atoms with Gasteiger partial charge in [-0.15, -0.1) is 0 Å². The Morgan fingerprint density at radius 1 is 1.29 bits per heavy atom. The minimum absolute atomic E-state index is 0.0223. The van der Waals surface area contributed by atoms with Crippen molar-refractivity contribution in [2.45, 2.75) is 25.2 Å². The maximum absolute atomic E-state index is 13.9. The predicted molar refractivity (Wildman–Crippen MR) is 99.6 cm³/mol. The van der Waals surface area contributed by atoms with Crippen molar-refractivity contribution in [2.24, 2.45) is 4.99 Å². The lowest BCUT2D eigenvalue weighted by Crippen LogP contribution is -2.44. The van der Waals surface area contributed by atoms with E-state index >= 15 is 0 Å². The number of hydrogen-bond donors (Lipinski definition) is 2. The smallest absolute Gasteiger partial charge is 0.352 e. The molecule has 1 unspecified atom stereocenters. The molecule has 2 N–H and O–H groups in total. The van der Waals surface area contributed by atoms with E-state index in [0.717, 1.165) is 18.6 Å². The van der Waals surface area contributed by atoms with E-state index in [4.69, 9.17) is 0 Å². The van der Waals surface area contributed by atoms with Gasteiger partial charge in [0.15, 0.2) is 17.6 Å². The first-order chi connectivity index (χ1) is 13.4. The zero-order valence-corrected chi connectivity index (χ0v) is 15.3. The quantitative estimate of drug-likeness (QED) is 0.474. The van der Waals surface area contributed by atoms with Crippen LogP contribution in [0.2, 0.25) is 0 Å². The third-order valence-electron chi connectivity index (χ3n) is 4.51. The highest BCUT2D eigenvalue weighted by Gasteiger charge is 2.30. The summed E-state index contributed by atoms with van der Waals surface area (Å²) in [6.07, 6.45) is -2.06. The molecule has 2 aromatic rings. The molecule has 9 heteroatoms. The van der Waals surface area contributed by atoms with Gasteiger partial charge < -0.3 is 15.5 Å². The Morgan fingerprint density at radius 3 is 2.82 bits per heavy atom. The number of pyridine rings is 1. The number of alkyl halides is 3. The van der Waals surface area contributed by atoms with Gasteiger partial charge in [-0.3, -0.25) is 4.99 Å². The standard InChI is InChI=1S/C19H21F4N5/c1-24-18(26-11-13-4-2-5-14(10-13)19(21,22)23)27-15-7-9-28(12-15)17-16(20)6-3-8-25-17/h2-6,8,10,15H,7,9,11-12H2,1H3,(H2,24,26,27). The van der Waals surface area contributed by atoms with Crippen LogP contribution in [0.4, 0.5) is 23.4 Å². The van der Waals surface area contributed by atoms with Gasteiger partial charge in [-0.1, -0.05) is 12.1 Å². The molecule has 2 heterocycles. The summed E-state index contributed by atoms with van der Waals surface area (Å²) >= 11 is 0. The summed E-state index contributed by atoms with van der Waals surface area (Å²) in [4.78, 5) is 10.1. The second-order valence-electron chi connectivity index (χ2n) is 6.51. The monoisotopic (exact) mass is 395 g/mol. The van der Waals surface area contributed by atoms with E-state index < -0.39 is 11.7 Å². The highest BCUT2D eigenvalue weighted by molar-refractivity contribution is 5.80. The molecule has 0 saturated carbocycles. The summed E-state index contributed by atoms with van der Waals surface area (Å²) in [6, 6.07) is 8.10. The van der Waals surface area contributed by atoms with Gasteiger partial charge in [-0.2, -0.15) is 13.2 Å². The van der Waals surface area contributed by atoms with Gasteiger partial charge in [-0.05, 0) is 36.2 Å². The van der Waals surface area contributed by atoms with Gasteiger partial charge in [0.2, 0.25) is 0 Å². The first kappa shape index (κ1) is 19.9. The van der Waals surface area contributed by atoms with Crippen LogP contribution in [-0.4, -0.2) is 37.1 Å². The zero-order valence-electron chi connectivity index (χ0n) is 15.3. The van der Waals surface area contributed by atoms with E-state index in [-0.39, 0.29) is 18.4 Å². The summed E-state index contributed by atoms with van der Waals surface area (Å²) in [7, 11) is 1.59. The maximum Gasteiger partial charge on any atom is 0.416 e. The van der Waals surface area contributed by atoms with Crippen molar-refractivity contribution in [3.8, 4) is 0 Å². The lowest BCUT2D eigenvalue weighted by atomic mass is 10.1. The number of guanidine groups is 1. The number of nitrogens with zero attached hydrogens (tertiary/aromatic N) is 3.